The Morgan fingerprint density at radius 3 is 1.26 bits per heavy atom. The quantitative estimate of drug-likeness (QED) is 0.0672. The van der Waals surface area contributed by atoms with Gasteiger partial charge in [-0.2, -0.15) is 0 Å². The summed E-state index contributed by atoms with van der Waals surface area (Å²) in [6.07, 6.45) is 3.34. The second-order valence-electron chi connectivity index (χ2n) is 14.0. The number of anilines is 1. The van der Waals surface area contributed by atoms with Crippen molar-refractivity contribution in [3.05, 3.63) is 65.2 Å². The summed E-state index contributed by atoms with van der Waals surface area (Å²) in [5.41, 5.74) is 3.65. The molecule has 1 amide bonds. The molecule has 0 aliphatic carbocycles. The SMILES string of the molecule is COCCOCCOCCOCCOCCOCCOCCOCCOCCOCCOCCOCCCC(=O)CCCCC(=O)N1Cc2ccccc2C#Cc2ccccc21. The van der Waals surface area contributed by atoms with Crippen LogP contribution in [0.15, 0.2) is 48.5 Å². The Hall–Kier alpha value is -3.34. The maximum absolute atomic E-state index is 13.4. The number of Topliss-reactive ketones (excluding diaryl/α,β-unsaturated/α-hetero) is 1. The summed E-state index contributed by atoms with van der Waals surface area (Å²) in [4.78, 5) is 27.6. The number of amides is 1. The average molecular weight is 874 g/mol. The number of carbonyl (C=O) groups excluding carboxylic acids is 2. The second-order valence-corrected chi connectivity index (χ2v) is 14.0. The van der Waals surface area contributed by atoms with Crippen LogP contribution in [0.5, 0.6) is 0 Å². The molecule has 0 saturated heterocycles. The highest BCUT2D eigenvalue weighted by atomic mass is 16.6. The van der Waals surface area contributed by atoms with Gasteiger partial charge in [0.15, 0.2) is 0 Å². The number of methoxy groups -OCH3 is 1. The van der Waals surface area contributed by atoms with Crippen molar-refractivity contribution in [2.75, 3.05) is 164 Å². The van der Waals surface area contributed by atoms with E-state index in [1.807, 2.05) is 53.4 Å². The molecule has 0 bridgehead atoms. The van der Waals surface area contributed by atoms with E-state index in [1.54, 1.807) is 7.11 Å². The molecule has 0 atom stereocenters. The maximum Gasteiger partial charge on any atom is 0.227 e. The van der Waals surface area contributed by atoms with Crippen molar-refractivity contribution in [3.8, 4) is 11.8 Å². The zero-order valence-corrected chi connectivity index (χ0v) is 37.0. The minimum Gasteiger partial charge on any atom is -0.382 e. The molecule has 1 aliphatic heterocycles. The lowest BCUT2D eigenvalue weighted by molar-refractivity contribution is -0.121. The van der Waals surface area contributed by atoms with E-state index in [0.717, 1.165) is 22.4 Å². The molecule has 0 saturated carbocycles. The first kappa shape index (κ1) is 53.0. The summed E-state index contributed by atoms with van der Waals surface area (Å²) >= 11 is 0. The van der Waals surface area contributed by atoms with Gasteiger partial charge >= 0.3 is 0 Å². The highest BCUT2D eigenvalue weighted by molar-refractivity contribution is 5.95. The summed E-state index contributed by atoms with van der Waals surface area (Å²) in [5.74, 6) is 6.72. The summed E-state index contributed by atoms with van der Waals surface area (Å²) < 4.78 is 65.3. The molecule has 2 aromatic carbocycles. The van der Waals surface area contributed by atoms with Gasteiger partial charge in [0.1, 0.15) is 5.78 Å². The summed E-state index contributed by atoms with van der Waals surface area (Å²) in [6.45, 7) is 12.1. The number of fused-ring (bicyclic) bond motifs is 2. The van der Waals surface area contributed by atoms with Crippen LogP contribution in [0.3, 0.4) is 0 Å². The number of hydrogen-bond donors (Lipinski definition) is 0. The van der Waals surface area contributed by atoms with Gasteiger partial charge in [-0.3, -0.25) is 9.59 Å². The van der Waals surface area contributed by atoms with E-state index in [1.165, 1.54) is 0 Å². The zero-order valence-electron chi connectivity index (χ0n) is 37.0. The Morgan fingerprint density at radius 2 is 0.790 bits per heavy atom. The standard InChI is InChI=1S/C47H71NO14/c1-51-19-20-53-23-24-55-27-28-57-31-32-59-35-36-61-39-40-62-38-37-60-34-33-58-30-29-56-26-25-54-22-21-52-18-8-13-45(49)12-5-7-15-47(50)48-41-44-11-3-2-9-42(44)16-17-43-10-4-6-14-46(43)48/h2-4,6,9-11,14H,5,7-8,12-13,15,18-41H2,1H3. The van der Waals surface area contributed by atoms with E-state index in [-0.39, 0.29) is 11.7 Å². The number of benzene rings is 2. The minimum atomic E-state index is 0.0440. The number of nitrogens with zero attached hydrogens (tertiary/aromatic N) is 1. The minimum absolute atomic E-state index is 0.0440. The number of hydrogen-bond acceptors (Lipinski definition) is 14. The van der Waals surface area contributed by atoms with Crippen LogP contribution in [0.1, 0.15) is 55.2 Å². The highest BCUT2D eigenvalue weighted by Gasteiger charge is 2.21. The van der Waals surface area contributed by atoms with Crippen LogP contribution >= 0.6 is 0 Å². The van der Waals surface area contributed by atoms with Crippen LogP contribution in [0.2, 0.25) is 0 Å². The fourth-order valence-electron chi connectivity index (χ4n) is 5.88. The monoisotopic (exact) mass is 873 g/mol. The number of unbranched alkanes of at least 4 members (excludes halogenated alkanes) is 1. The number of ketones is 1. The van der Waals surface area contributed by atoms with Crippen molar-refractivity contribution in [3.63, 3.8) is 0 Å². The topological polar surface area (TPSA) is 148 Å². The number of ether oxygens (including phenoxy) is 12. The molecular weight excluding hydrogens is 803 g/mol. The van der Waals surface area contributed by atoms with Gasteiger partial charge < -0.3 is 61.7 Å². The first-order chi connectivity index (χ1) is 30.7. The molecule has 62 heavy (non-hydrogen) atoms. The Labute approximate surface area is 369 Å². The highest BCUT2D eigenvalue weighted by Crippen LogP contribution is 2.26. The Bertz CT molecular complexity index is 1480. The van der Waals surface area contributed by atoms with Gasteiger partial charge in [0, 0.05) is 44.1 Å². The summed E-state index contributed by atoms with van der Waals surface area (Å²) in [7, 11) is 1.64. The number of rotatable bonds is 42. The zero-order chi connectivity index (χ0) is 43.8. The van der Waals surface area contributed by atoms with Crippen LogP contribution < -0.4 is 4.90 Å². The van der Waals surface area contributed by atoms with Crippen LogP contribution in [0, 0.1) is 11.8 Å². The Morgan fingerprint density at radius 1 is 0.435 bits per heavy atom. The fraction of sp³-hybridized carbons (Fsp3) is 0.660. The average Bonchev–Trinajstić information content (AvgIpc) is 3.28. The molecule has 2 aromatic rings. The van der Waals surface area contributed by atoms with Gasteiger partial charge in [-0.25, -0.2) is 0 Å². The van der Waals surface area contributed by atoms with Gasteiger partial charge in [-0.15, -0.1) is 0 Å². The summed E-state index contributed by atoms with van der Waals surface area (Å²) in [6, 6.07) is 15.7. The van der Waals surface area contributed by atoms with Crippen LogP contribution in [0.25, 0.3) is 0 Å². The van der Waals surface area contributed by atoms with E-state index in [4.69, 9.17) is 56.8 Å². The predicted octanol–water partition coefficient (Wildman–Crippen LogP) is 4.67. The molecule has 1 aliphatic rings. The smallest absolute Gasteiger partial charge is 0.227 e. The lowest BCUT2D eigenvalue weighted by Gasteiger charge is -2.26. The molecule has 0 aromatic heterocycles. The molecule has 0 spiro atoms. The molecule has 348 valence electrons. The molecular formula is C47H71NO14. The van der Waals surface area contributed by atoms with Crippen molar-refractivity contribution in [2.24, 2.45) is 0 Å². The van der Waals surface area contributed by atoms with Crippen LogP contribution in [-0.2, 0) is 73.0 Å². The van der Waals surface area contributed by atoms with E-state index >= 15 is 0 Å². The first-order valence-corrected chi connectivity index (χ1v) is 22.0. The van der Waals surface area contributed by atoms with E-state index in [0.29, 0.717) is 197 Å². The normalized spacial score (nSPS) is 12.0. The van der Waals surface area contributed by atoms with E-state index < -0.39 is 0 Å². The van der Waals surface area contributed by atoms with Gasteiger partial charge in [0.2, 0.25) is 5.91 Å². The van der Waals surface area contributed by atoms with Gasteiger partial charge in [-0.1, -0.05) is 42.2 Å². The van der Waals surface area contributed by atoms with Gasteiger partial charge in [0.05, 0.1) is 158 Å². The van der Waals surface area contributed by atoms with Gasteiger partial charge in [-0.05, 0) is 43.0 Å². The molecule has 0 fully saturated rings. The van der Waals surface area contributed by atoms with Crippen molar-refractivity contribution in [1.29, 1.82) is 0 Å². The fourth-order valence-corrected chi connectivity index (χ4v) is 5.88. The largest absolute Gasteiger partial charge is 0.382 e. The third-order valence-corrected chi connectivity index (χ3v) is 9.17. The number of carbonyl (C=O) groups is 2. The Kier molecular flexibility index (Phi) is 32.6. The molecule has 0 radical (unpaired) electrons. The van der Waals surface area contributed by atoms with Crippen molar-refractivity contribution in [1.82, 2.24) is 0 Å². The third kappa shape index (κ3) is 27.0. The van der Waals surface area contributed by atoms with E-state index in [9.17, 15) is 9.59 Å². The molecule has 0 unspecified atom stereocenters. The predicted molar refractivity (Wildman–Crippen MR) is 234 cm³/mol. The number of para-hydroxylation sites is 1. The molecule has 0 N–H and O–H groups in total. The molecule has 15 heteroatoms. The lowest BCUT2D eigenvalue weighted by atomic mass is 10.0. The first-order valence-electron chi connectivity index (χ1n) is 22.0. The summed E-state index contributed by atoms with van der Waals surface area (Å²) in [5, 5.41) is 0. The second kappa shape index (κ2) is 38.1. The van der Waals surface area contributed by atoms with Crippen molar-refractivity contribution < 1.29 is 66.4 Å². The molecule has 1 heterocycles. The third-order valence-electron chi connectivity index (χ3n) is 9.17. The van der Waals surface area contributed by atoms with E-state index in [2.05, 4.69) is 11.8 Å². The Balaban J connectivity index is 0.975. The lowest BCUT2D eigenvalue weighted by Crippen LogP contribution is -2.31. The maximum atomic E-state index is 13.4. The van der Waals surface area contributed by atoms with Crippen molar-refractivity contribution >= 4 is 17.4 Å². The molecule has 3 rings (SSSR count). The van der Waals surface area contributed by atoms with Crippen molar-refractivity contribution in [2.45, 2.75) is 45.1 Å². The van der Waals surface area contributed by atoms with Gasteiger partial charge in [0.25, 0.3) is 0 Å². The van der Waals surface area contributed by atoms with Crippen LogP contribution in [-0.4, -0.2) is 171 Å². The molecule has 15 nitrogen and oxygen atoms in total. The van der Waals surface area contributed by atoms with Crippen LogP contribution in [0.4, 0.5) is 5.69 Å².